The molecule has 3 aromatic carbocycles. The molecule has 1 N–H and O–H groups in total. The molecule has 0 aromatic heterocycles. The summed E-state index contributed by atoms with van der Waals surface area (Å²) < 4.78 is 28.9. The number of benzene rings is 3. The number of anilines is 1. The predicted octanol–water partition coefficient (Wildman–Crippen LogP) is 4.31. The normalized spacial score (nSPS) is 12.0. The van der Waals surface area contributed by atoms with Gasteiger partial charge in [-0.25, -0.2) is 8.42 Å². The second-order valence-electron chi connectivity index (χ2n) is 8.86. The van der Waals surface area contributed by atoms with Crippen molar-refractivity contribution < 1.29 is 18.0 Å². The molecule has 0 bridgehead atoms. The Balaban J connectivity index is 2.09. The molecule has 7 nitrogen and oxygen atoms in total. The number of nitrogens with one attached hydrogen (secondary N) is 1. The Labute approximate surface area is 220 Å². The fourth-order valence-corrected chi connectivity index (χ4v) is 5.85. The molecule has 2 amide bonds. The van der Waals surface area contributed by atoms with Crippen LogP contribution in [0.3, 0.4) is 0 Å². The molecule has 1 atom stereocenters. The van der Waals surface area contributed by atoms with E-state index < -0.39 is 28.5 Å². The van der Waals surface area contributed by atoms with Gasteiger partial charge in [-0.1, -0.05) is 80.1 Å². The third kappa shape index (κ3) is 6.57. The molecule has 0 aliphatic carbocycles. The minimum atomic E-state index is -4.07. The molecule has 8 heteroatoms. The van der Waals surface area contributed by atoms with E-state index >= 15 is 0 Å². The molecule has 3 aromatic rings. The first-order chi connectivity index (χ1) is 17.7. The summed E-state index contributed by atoms with van der Waals surface area (Å²) in [5.41, 5.74) is 3.15. The summed E-state index contributed by atoms with van der Waals surface area (Å²) >= 11 is 0. The van der Waals surface area contributed by atoms with E-state index in [0.717, 1.165) is 16.7 Å². The molecule has 196 valence electrons. The van der Waals surface area contributed by atoms with E-state index in [4.69, 9.17) is 0 Å². The summed E-state index contributed by atoms with van der Waals surface area (Å²) in [6.45, 7) is 5.48. The van der Waals surface area contributed by atoms with Crippen LogP contribution in [0.2, 0.25) is 0 Å². The zero-order valence-electron chi connectivity index (χ0n) is 21.8. The zero-order valence-corrected chi connectivity index (χ0v) is 22.7. The van der Waals surface area contributed by atoms with Crippen molar-refractivity contribution in [3.05, 3.63) is 95.6 Å². The van der Waals surface area contributed by atoms with Crippen LogP contribution in [-0.4, -0.2) is 44.8 Å². The van der Waals surface area contributed by atoms with Gasteiger partial charge in [0, 0.05) is 13.6 Å². The largest absolute Gasteiger partial charge is 0.357 e. The standard InChI is InChI=1S/C29H35N3O4S/c1-5-24-15-10-11-18-27(24)32(37(35,36)25-16-8-7-9-17-25)21-28(33)31(26(6-2)29(34)30-4)20-23-14-12-13-22(3)19-23/h7-19,26H,5-6,20-21H2,1-4H3,(H,30,34). The summed E-state index contributed by atoms with van der Waals surface area (Å²) in [6.07, 6.45) is 0.974. The van der Waals surface area contributed by atoms with Gasteiger partial charge in [0.15, 0.2) is 0 Å². The summed E-state index contributed by atoms with van der Waals surface area (Å²) in [6, 6.07) is 22.2. The highest BCUT2D eigenvalue weighted by Crippen LogP contribution is 2.28. The van der Waals surface area contributed by atoms with Crippen LogP contribution in [-0.2, 0) is 32.6 Å². The topological polar surface area (TPSA) is 86.8 Å². The fourth-order valence-electron chi connectivity index (χ4n) is 4.38. The van der Waals surface area contributed by atoms with Crippen LogP contribution in [0.15, 0.2) is 83.8 Å². The van der Waals surface area contributed by atoms with E-state index in [1.165, 1.54) is 28.4 Å². The number of hydrogen-bond donors (Lipinski definition) is 1. The summed E-state index contributed by atoms with van der Waals surface area (Å²) in [7, 11) is -2.54. The van der Waals surface area contributed by atoms with E-state index in [2.05, 4.69) is 5.32 Å². The SMILES string of the molecule is CCc1ccccc1N(CC(=O)N(Cc1cccc(C)c1)C(CC)C(=O)NC)S(=O)(=O)c1ccccc1. The Morgan fingerprint density at radius 2 is 1.59 bits per heavy atom. The quantitative estimate of drug-likeness (QED) is 0.408. The maximum atomic E-state index is 14.0. The molecular formula is C29H35N3O4S. The van der Waals surface area contributed by atoms with Gasteiger partial charge in [-0.15, -0.1) is 0 Å². The fraction of sp³-hybridized carbons (Fsp3) is 0.310. The van der Waals surface area contributed by atoms with Gasteiger partial charge in [0.2, 0.25) is 11.8 Å². The smallest absolute Gasteiger partial charge is 0.264 e. The number of rotatable bonds is 11. The van der Waals surface area contributed by atoms with Crippen molar-refractivity contribution >= 4 is 27.5 Å². The number of aryl methyl sites for hydroxylation is 2. The van der Waals surface area contributed by atoms with Gasteiger partial charge >= 0.3 is 0 Å². The van der Waals surface area contributed by atoms with E-state index in [-0.39, 0.29) is 17.3 Å². The highest BCUT2D eigenvalue weighted by atomic mass is 32.2. The number of carbonyl (C=O) groups is 2. The Kier molecular flexibility index (Phi) is 9.47. The molecule has 0 aliphatic heterocycles. The van der Waals surface area contributed by atoms with Crippen LogP contribution in [0.25, 0.3) is 0 Å². The van der Waals surface area contributed by atoms with Gasteiger partial charge in [0.05, 0.1) is 10.6 Å². The van der Waals surface area contributed by atoms with Gasteiger partial charge in [0.1, 0.15) is 12.6 Å². The molecule has 1 unspecified atom stereocenters. The second kappa shape index (κ2) is 12.5. The van der Waals surface area contributed by atoms with Gasteiger partial charge in [-0.2, -0.15) is 0 Å². The minimum Gasteiger partial charge on any atom is -0.357 e. The summed E-state index contributed by atoms with van der Waals surface area (Å²) in [5.74, 6) is -0.753. The molecule has 0 saturated heterocycles. The molecule has 37 heavy (non-hydrogen) atoms. The van der Waals surface area contributed by atoms with Crippen LogP contribution in [0.1, 0.15) is 37.0 Å². The van der Waals surface area contributed by atoms with Crippen molar-refractivity contribution in [2.75, 3.05) is 17.9 Å². The maximum absolute atomic E-state index is 14.0. The molecular weight excluding hydrogens is 486 g/mol. The Morgan fingerprint density at radius 3 is 2.22 bits per heavy atom. The molecule has 3 rings (SSSR count). The van der Waals surface area contributed by atoms with Crippen LogP contribution in [0.4, 0.5) is 5.69 Å². The minimum absolute atomic E-state index is 0.0947. The maximum Gasteiger partial charge on any atom is 0.264 e. The van der Waals surface area contributed by atoms with E-state index in [1.54, 1.807) is 30.3 Å². The highest BCUT2D eigenvalue weighted by Gasteiger charge is 2.34. The summed E-state index contributed by atoms with van der Waals surface area (Å²) in [5, 5.41) is 2.64. The number of likely N-dealkylation sites (N-methyl/N-ethyl adjacent to an activating group) is 1. The van der Waals surface area contributed by atoms with Crippen LogP contribution in [0.5, 0.6) is 0 Å². The Bertz CT molecular complexity index is 1330. The monoisotopic (exact) mass is 521 g/mol. The van der Waals surface area contributed by atoms with Gasteiger partial charge in [-0.3, -0.25) is 13.9 Å². The average molecular weight is 522 g/mol. The Morgan fingerprint density at radius 1 is 0.919 bits per heavy atom. The first-order valence-electron chi connectivity index (χ1n) is 12.4. The van der Waals surface area contributed by atoms with Crippen molar-refractivity contribution in [1.29, 1.82) is 0 Å². The first kappa shape index (κ1) is 27.9. The molecule has 0 saturated carbocycles. The number of hydrogen-bond acceptors (Lipinski definition) is 4. The van der Waals surface area contributed by atoms with Crippen LogP contribution in [0, 0.1) is 6.92 Å². The van der Waals surface area contributed by atoms with E-state index in [0.29, 0.717) is 18.5 Å². The summed E-state index contributed by atoms with van der Waals surface area (Å²) in [4.78, 5) is 28.3. The number of sulfonamides is 1. The molecule has 0 heterocycles. The third-order valence-electron chi connectivity index (χ3n) is 6.32. The van der Waals surface area contributed by atoms with Crippen molar-refractivity contribution in [3.63, 3.8) is 0 Å². The molecule has 0 spiro atoms. The van der Waals surface area contributed by atoms with E-state index in [1.807, 2.05) is 57.2 Å². The number of nitrogens with zero attached hydrogens (tertiary/aromatic N) is 2. The number of amides is 2. The zero-order chi connectivity index (χ0) is 27.0. The molecule has 0 fully saturated rings. The van der Waals surface area contributed by atoms with Crippen LogP contribution < -0.4 is 9.62 Å². The average Bonchev–Trinajstić information content (AvgIpc) is 2.91. The number of carbonyl (C=O) groups excluding carboxylic acids is 2. The lowest BCUT2D eigenvalue weighted by Crippen LogP contribution is -2.51. The van der Waals surface area contributed by atoms with Gasteiger partial charge in [0.25, 0.3) is 10.0 Å². The lowest BCUT2D eigenvalue weighted by Gasteiger charge is -2.33. The predicted molar refractivity (Wildman–Crippen MR) is 147 cm³/mol. The third-order valence-corrected chi connectivity index (χ3v) is 8.09. The first-order valence-corrected chi connectivity index (χ1v) is 13.9. The lowest BCUT2D eigenvalue weighted by molar-refractivity contribution is -0.140. The lowest BCUT2D eigenvalue weighted by atomic mass is 10.1. The Hall–Kier alpha value is -3.65. The van der Waals surface area contributed by atoms with Crippen molar-refractivity contribution in [2.45, 2.75) is 51.1 Å². The second-order valence-corrected chi connectivity index (χ2v) is 10.7. The molecule has 0 aliphatic rings. The van der Waals surface area contributed by atoms with Crippen molar-refractivity contribution in [3.8, 4) is 0 Å². The van der Waals surface area contributed by atoms with Crippen molar-refractivity contribution in [1.82, 2.24) is 10.2 Å². The van der Waals surface area contributed by atoms with Gasteiger partial charge < -0.3 is 10.2 Å². The molecule has 0 radical (unpaired) electrons. The van der Waals surface area contributed by atoms with Gasteiger partial charge in [-0.05, 0) is 49.1 Å². The van der Waals surface area contributed by atoms with E-state index in [9.17, 15) is 18.0 Å². The number of para-hydroxylation sites is 1. The van der Waals surface area contributed by atoms with Crippen LogP contribution >= 0.6 is 0 Å². The highest BCUT2D eigenvalue weighted by molar-refractivity contribution is 7.92. The van der Waals surface area contributed by atoms with Crippen molar-refractivity contribution in [2.24, 2.45) is 0 Å².